The van der Waals surface area contributed by atoms with Crippen LogP contribution in [-0.2, 0) is 0 Å². The van der Waals surface area contributed by atoms with Crippen molar-refractivity contribution in [1.29, 1.82) is 10.5 Å². The second-order valence-electron chi connectivity index (χ2n) is 6.32. The summed E-state index contributed by atoms with van der Waals surface area (Å²) < 4.78 is 2.08. The van der Waals surface area contributed by atoms with E-state index in [0.717, 1.165) is 41.1 Å². The zero-order valence-electron chi connectivity index (χ0n) is 14.9. The van der Waals surface area contributed by atoms with E-state index in [0.29, 0.717) is 21.2 Å². The molecule has 28 heavy (non-hydrogen) atoms. The van der Waals surface area contributed by atoms with Crippen LogP contribution in [0.25, 0.3) is 31.3 Å². The van der Waals surface area contributed by atoms with Gasteiger partial charge in [-0.15, -0.1) is 22.7 Å². The third-order valence-electron chi connectivity index (χ3n) is 4.63. The van der Waals surface area contributed by atoms with E-state index in [9.17, 15) is 10.5 Å². The first-order valence-electron chi connectivity index (χ1n) is 8.37. The third kappa shape index (κ3) is 3.00. The van der Waals surface area contributed by atoms with E-state index in [4.69, 9.17) is 23.2 Å². The van der Waals surface area contributed by atoms with Crippen LogP contribution in [0.5, 0.6) is 0 Å². The molecule has 2 nitrogen and oxygen atoms in total. The summed E-state index contributed by atoms with van der Waals surface area (Å²) in [5, 5.41) is 23.1. The Balaban J connectivity index is 2.12. The number of benzene rings is 2. The number of rotatable bonds is 2. The Labute approximate surface area is 180 Å². The van der Waals surface area contributed by atoms with Crippen molar-refractivity contribution >= 4 is 77.2 Å². The van der Waals surface area contributed by atoms with Crippen molar-refractivity contribution in [2.45, 2.75) is 13.8 Å². The second-order valence-corrected chi connectivity index (χ2v) is 9.71. The molecule has 0 bridgehead atoms. The summed E-state index contributed by atoms with van der Waals surface area (Å²) in [6.07, 6.45) is 0. The van der Waals surface area contributed by atoms with Crippen LogP contribution < -0.4 is 0 Å². The Bertz CT molecular complexity index is 1270. The lowest BCUT2D eigenvalue weighted by Gasteiger charge is -2.06. The molecule has 0 aliphatic heterocycles. The molecule has 0 atom stereocenters. The van der Waals surface area contributed by atoms with Gasteiger partial charge >= 0.3 is 0 Å². The monoisotopic (exact) mass is 438 g/mol. The van der Waals surface area contributed by atoms with Gasteiger partial charge in [0.1, 0.15) is 12.1 Å². The fourth-order valence-electron chi connectivity index (χ4n) is 3.48. The van der Waals surface area contributed by atoms with Crippen molar-refractivity contribution in [2.75, 3.05) is 0 Å². The van der Waals surface area contributed by atoms with Gasteiger partial charge in [0.05, 0.1) is 11.1 Å². The van der Waals surface area contributed by atoms with Crippen LogP contribution in [0.4, 0.5) is 0 Å². The molecule has 0 spiro atoms. The molecule has 0 N–H and O–H groups in total. The average Bonchev–Trinajstić information content (AvgIpc) is 3.15. The van der Waals surface area contributed by atoms with Gasteiger partial charge in [-0.2, -0.15) is 10.5 Å². The summed E-state index contributed by atoms with van der Waals surface area (Å²) in [6, 6.07) is 15.9. The van der Waals surface area contributed by atoms with E-state index in [-0.39, 0.29) is 0 Å². The van der Waals surface area contributed by atoms with Crippen molar-refractivity contribution in [3.05, 3.63) is 67.3 Å². The molecule has 2 aromatic heterocycles. The van der Waals surface area contributed by atoms with Gasteiger partial charge in [-0.1, -0.05) is 23.2 Å². The highest BCUT2D eigenvalue weighted by molar-refractivity contribution is 7.19. The zero-order valence-corrected chi connectivity index (χ0v) is 18.1. The van der Waals surface area contributed by atoms with Crippen LogP contribution in [0.2, 0.25) is 10.0 Å². The van der Waals surface area contributed by atoms with E-state index in [1.807, 2.05) is 50.2 Å². The van der Waals surface area contributed by atoms with Crippen LogP contribution in [0.1, 0.15) is 20.9 Å². The highest BCUT2D eigenvalue weighted by Gasteiger charge is 2.22. The highest BCUT2D eigenvalue weighted by atomic mass is 35.5. The number of aryl methyl sites for hydroxylation is 2. The lowest BCUT2D eigenvalue weighted by Crippen LogP contribution is -1.91. The van der Waals surface area contributed by atoms with Crippen LogP contribution in [0.15, 0.2) is 36.4 Å². The average molecular weight is 439 g/mol. The lowest BCUT2D eigenvalue weighted by molar-refractivity contribution is 1.49. The standard InChI is InChI=1S/C22H12Cl2N2S2/c1-11-21(15-7-13(23)3-5-19(15)27-11)17(9-25)18(10-26)22-12(2)28-20-6-4-14(24)8-16(20)22/h3-8H,1-2H3/b18-17-. The molecule has 4 aromatic rings. The Morgan fingerprint density at radius 2 is 1.14 bits per heavy atom. The summed E-state index contributed by atoms with van der Waals surface area (Å²) in [7, 11) is 0. The van der Waals surface area contributed by atoms with Crippen molar-refractivity contribution in [3.63, 3.8) is 0 Å². The normalized spacial score (nSPS) is 12.1. The van der Waals surface area contributed by atoms with Gasteiger partial charge in [-0.3, -0.25) is 0 Å². The summed E-state index contributed by atoms with van der Waals surface area (Å²) in [5.41, 5.74) is 2.30. The summed E-state index contributed by atoms with van der Waals surface area (Å²) in [4.78, 5) is 1.97. The first-order valence-corrected chi connectivity index (χ1v) is 10.8. The number of nitrogens with zero attached hydrogens (tertiary/aromatic N) is 2. The number of nitriles is 2. The van der Waals surface area contributed by atoms with Gasteiger partial charge in [-0.05, 0) is 50.2 Å². The number of fused-ring (bicyclic) bond motifs is 2. The Hall–Kier alpha value is -2.34. The molecule has 0 aliphatic rings. The number of allylic oxidation sites excluding steroid dienone is 2. The molecule has 4 rings (SSSR count). The minimum Gasteiger partial charge on any atom is -0.192 e. The fourth-order valence-corrected chi connectivity index (χ4v) is 5.93. The smallest absolute Gasteiger partial charge is 0.101 e. The van der Waals surface area contributed by atoms with E-state index in [1.165, 1.54) is 0 Å². The maximum absolute atomic E-state index is 10.1. The van der Waals surface area contributed by atoms with E-state index < -0.39 is 0 Å². The van der Waals surface area contributed by atoms with Crippen LogP contribution >= 0.6 is 45.9 Å². The molecule has 0 fully saturated rings. The van der Waals surface area contributed by atoms with Gasteiger partial charge < -0.3 is 0 Å². The summed E-state index contributed by atoms with van der Waals surface area (Å²) in [5.74, 6) is 0. The highest BCUT2D eigenvalue weighted by Crippen LogP contribution is 2.43. The van der Waals surface area contributed by atoms with Gasteiger partial charge in [0, 0.05) is 51.1 Å². The Kier molecular flexibility index (Phi) is 4.91. The van der Waals surface area contributed by atoms with Crippen molar-refractivity contribution in [2.24, 2.45) is 0 Å². The van der Waals surface area contributed by atoms with Crippen LogP contribution in [-0.4, -0.2) is 0 Å². The van der Waals surface area contributed by atoms with Gasteiger partial charge in [0.25, 0.3) is 0 Å². The Morgan fingerprint density at radius 1 is 0.750 bits per heavy atom. The van der Waals surface area contributed by atoms with E-state index in [2.05, 4.69) is 12.1 Å². The van der Waals surface area contributed by atoms with Gasteiger partial charge in [0.15, 0.2) is 0 Å². The first kappa shape index (κ1) is 19.0. The minimum atomic E-state index is 0.372. The Morgan fingerprint density at radius 3 is 1.50 bits per heavy atom. The van der Waals surface area contributed by atoms with Gasteiger partial charge in [-0.25, -0.2) is 0 Å². The predicted molar refractivity (Wildman–Crippen MR) is 121 cm³/mol. The molecule has 0 unspecified atom stereocenters. The minimum absolute atomic E-state index is 0.372. The molecule has 6 heteroatoms. The molecular formula is C22H12Cl2N2S2. The molecule has 0 saturated heterocycles. The van der Waals surface area contributed by atoms with Crippen molar-refractivity contribution < 1.29 is 0 Å². The SMILES string of the molecule is Cc1sc2ccc(Cl)cc2c1/C(C#N)=C(/C#N)c1c(C)sc2ccc(Cl)cc12. The summed E-state index contributed by atoms with van der Waals surface area (Å²) >= 11 is 15.6. The van der Waals surface area contributed by atoms with Crippen molar-refractivity contribution in [1.82, 2.24) is 0 Å². The number of halogens is 2. The molecule has 0 amide bonds. The van der Waals surface area contributed by atoms with E-state index >= 15 is 0 Å². The fraction of sp³-hybridized carbons (Fsp3) is 0.0909. The number of hydrogen-bond acceptors (Lipinski definition) is 4. The molecular weight excluding hydrogens is 427 g/mol. The number of hydrogen-bond donors (Lipinski definition) is 0. The van der Waals surface area contributed by atoms with Gasteiger partial charge in [0.2, 0.25) is 0 Å². The van der Waals surface area contributed by atoms with E-state index in [1.54, 1.807) is 22.7 Å². The molecule has 0 radical (unpaired) electrons. The molecule has 136 valence electrons. The molecule has 2 aromatic carbocycles. The quantitative estimate of drug-likeness (QED) is 0.297. The zero-order chi connectivity index (χ0) is 20.0. The van der Waals surface area contributed by atoms with Crippen LogP contribution in [0.3, 0.4) is 0 Å². The first-order chi connectivity index (χ1) is 13.4. The maximum Gasteiger partial charge on any atom is 0.101 e. The molecule has 0 aliphatic carbocycles. The maximum atomic E-state index is 10.1. The largest absolute Gasteiger partial charge is 0.192 e. The second kappa shape index (κ2) is 7.24. The molecule has 0 saturated carbocycles. The predicted octanol–water partition coefficient (Wildman–Crippen LogP) is 8.00. The lowest BCUT2D eigenvalue weighted by atomic mass is 9.93. The summed E-state index contributed by atoms with van der Waals surface area (Å²) in [6.45, 7) is 3.94. The third-order valence-corrected chi connectivity index (χ3v) is 7.27. The topological polar surface area (TPSA) is 47.6 Å². The van der Waals surface area contributed by atoms with Crippen molar-refractivity contribution in [3.8, 4) is 12.1 Å². The number of thiophene rings is 2. The van der Waals surface area contributed by atoms with Crippen LogP contribution in [0, 0.1) is 36.5 Å². The molecule has 2 heterocycles.